The van der Waals surface area contributed by atoms with Crippen molar-refractivity contribution in [2.75, 3.05) is 0 Å². The lowest BCUT2D eigenvalue weighted by atomic mass is 9.90. The topological polar surface area (TPSA) is 82.9 Å². The van der Waals surface area contributed by atoms with Crippen molar-refractivity contribution in [1.82, 2.24) is 10.9 Å². The number of carbonyl (C=O) groups excluding carboxylic acids is 2. The molecule has 0 heterocycles. The third-order valence-corrected chi connectivity index (χ3v) is 7.08. The van der Waals surface area contributed by atoms with E-state index in [2.05, 4.69) is 21.1 Å². The summed E-state index contributed by atoms with van der Waals surface area (Å²) in [6.07, 6.45) is 14.5. The zero-order valence-electron chi connectivity index (χ0n) is 15.4. The molecule has 142 valence electrons. The van der Waals surface area contributed by atoms with Gasteiger partial charge in [0.2, 0.25) is 11.8 Å². The number of hydrazone groups is 2. The molecule has 0 spiro atoms. The van der Waals surface area contributed by atoms with Crippen molar-refractivity contribution in [3.05, 3.63) is 0 Å². The molecule has 4 rings (SSSR count). The molecular formula is C20H30N4O2. The fourth-order valence-electron chi connectivity index (χ4n) is 5.70. The molecule has 0 saturated heterocycles. The molecule has 4 bridgehead atoms. The van der Waals surface area contributed by atoms with Crippen molar-refractivity contribution in [2.45, 2.75) is 64.2 Å². The summed E-state index contributed by atoms with van der Waals surface area (Å²) in [4.78, 5) is 23.6. The van der Waals surface area contributed by atoms with Crippen LogP contribution in [0.3, 0.4) is 0 Å². The molecule has 4 aliphatic carbocycles. The first-order chi connectivity index (χ1) is 12.7. The van der Waals surface area contributed by atoms with Gasteiger partial charge >= 0.3 is 0 Å². The van der Waals surface area contributed by atoms with Crippen LogP contribution in [0.2, 0.25) is 0 Å². The summed E-state index contributed by atoms with van der Waals surface area (Å²) in [6, 6.07) is 0. The Morgan fingerprint density at radius 3 is 1.54 bits per heavy atom. The number of nitrogens with one attached hydrogen (secondary N) is 2. The van der Waals surface area contributed by atoms with Crippen LogP contribution in [0.1, 0.15) is 64.2 Å². The molecule has 0 aromatic rings. The van der Waals surface area contributed by atoms with Gasteiger partial charge in [-0.2, -0.15) is 10.2 Å². The minimum absolute atomic E-state index is 0.142. The monoisotopic (exact) mass is 358 g/mol. The fourth-order valence-corrected chi connectivity index (χ4v) is 5.70. The molecule has 6 heteroatoms. The van der Waals surface area contributed by atoms with E-state index < -0.39 is 0 Å². The second kappa shape index (κ2) is 7.89. The summed E-state index contributed by atoms with van der Waals surface area (Å²) in [5.74, 6) is 3.90. The van der Waals surface area contributed by atoms with E-state index in [4.69, 9.17) is 0 Å². The van der Waals surface area contributed by atoms with E-state index in [-0.39, 0.29) is 24.7 Å². The van der Waals surface area contributed by atoms with Crippen LogP contribution in [0.25, 0.3) is 0 Å². The molecular weight excluding hydrogens is 328 g/mol. The van der Waals surface area contributed by atoms with Crippen molar-refractivity contribution in [3.63, 3.8) is 0 Å². The summed E-state index contributed by atoms with van der Waals surface area (Å²) >= 11 is 0. The van der Waals surface area contributed by atoms with E-state index in [9.17, 15) is 9.59 Å². The Morgan fingerprint density at radius 1 is 0.731 bits per heavy atom. The number of hydrogen-bond donors (Lipinski definition) is 2. The van der Waals surface area contributed by atoms with Gasteiger partial charge in [0.15, 0.2) is 0 Å². The smallest absolute Gasteiger partial charge is 0.240 e. The SMILES string of the molecule is O=C(CCC(=O)N/N=C\[C@@H]1C[C@@H]2CC[C@@H]1C2)N/N=C\[C@@H]1C[C@@H]2CC[C@@H]1C2. The normalized spacial score (nSPS) is 37.8. The minimum Gasteiger partial charge on any atom is -0.273 e. The fraction of sp³-hybridized carbons (Fsp3) is 0.800. The van der Waals surface area contributed by atoms with Crippen molar-refractivity contribution in [1.29, 1.82) is 0 Å². The molecule has 0 unspecified atom stereocenters. The average molecular weight is 358 g/mol. The maximum absolute atomic E-state index is 11.8. The Kier molecular flexibility index (Phi) is 5.36. The quantitative estimate of drug-likeness (QED) is 0.542. The van der Waals surface area contributed by atoms with Gasteiger partial charge < -0.3 is 0 Å². The first-order valence-electron chi connectivity index (χ1n) is 10.3. The highest BCUT2D eigenvalue weighted by atomic mass is 16.2. The van der Waals surface area contributed by atoms with Crippen LogP contribution in [-0.2, 0) is 9.59 Å². The Morgan fingerprint density at radius 2 is 1.19 bits per heavy atom. The molecule has 26 heavy (non-hydrogen) atoms. The Balaban J connectivity index is 1.09. The summed E-state index contributed by atoms with van der Waals surface area (Å²) < 4.78 is 0. The van der Waals surface area contributed by atoms with E-state index in [1.165, 1.54) is 51.4 Å². The van der Waals surface area contributed by atoms with Gasteiger partial charge in [-0.3, -0.25) is 9.59 Å². The highest BCUT2D eigenvalue weighted by Crippen LogP contribution is 2.48. The molecule has 6 nitrogen and oxygen atoms in total. The van der Waals surface area contributed by atoms with E-state index >= 15 is 0 Å². The molecule has 4 saturated carbocycles. The molecule has 4 aliphatic rings. The van der Waals surface area contributed by atoms with Gasteiger partial charge in [0.25, 0.3) is 0 Å². The average Bonchev–Trinajstić information content (AvgIpc) is 3.41. The maximum Gasteiger partial charge on any atom is 0.240 e. The van der Waals surface area contributed by atoms with Crippen molar-refractivity contribution < 1.29 is 9.59 Å². The number of amides is 2. The molecule has 0 aliphatic heterocycles. The summed E-state index contributed by atoms with van der Waals surface area (Å²) in [5.41, 5.74) is 5.11. The van der Waals surface area contributed by atoms with Gasteiger partial charge in [-0.15, -0.1) is 0 Å². The number of carbonyl (C=O) groups is 2. The molecule has 4 fully saturated rings. The van der Waals surface area contributed by atoms with Crippen LogP contribution in [0.15, 0.2) is 10.2 Å². The highest BCUT2D eigenvalue weighted by molar-refractivity contribution is 5.84. The molecule has 0 aromatic carbocycles. The van der Waals surface area contributed by atoms with Gasteiger partial charge in [-0.25, -0.2) is 10.9 Å². The second-order valence-electron chi connectivity index (χ2n) is 8.80. The molecule has 2 N–H and O–H groups in total. The van der Waals surface area contributed by atoms with Crippen molar-refractivity contribution in [3.8, 4) is 0 Å². The molecule has 0 radical (unpaired) electrons. The third kappa shape index (κ3) is 4.15. The Bertz CT molecular complexity index is 551. The highest BCUT2D eigenvalue weighted by Gasteiger charge is 2.39. The van der Waals surface area contributed by atoms with Crippen LogP contribution < -0.4 is 10.9 Å². The Labute approximate surface area is 155 Å². The van der Waals surface area contributed by atoms with Crippen molar-refractivity contribution in [2.24, 2.45) is 45.7 Å². The number of hydrogen-bond acceptors (Lipinski definition) is 4. The van der Waals surface area contributed by atoms with Crippen LogP contribution in [-0.4, -0.2) is 24.2 Å². The number of fused-ring (bicyclic) bond motifs is 4. The van der Waals surface area contributed by atoms with E-state index in [0.29, 0.717) is 11.8 Å². The molecule has 6 atom stereocenters. The standard InChI is InChI=1S/C20H30N4O2/c25-19(23-21-11-17-9-13-1-3-15(17)7-13)5-6-20(26)24-22-12-18-10-14-2-4-16(18)8-14/h11-18H,1-10H2,(H,23,25)(H,24,26)/b21-11-,22-12-/t13-,14-,15-,16-,17+,18+/m1/s1. The zero-order valence-corrected chi connectivity index (χ0v) is 15.4. The van der Waals surface area contributed by atoms with E-state index in [1.807, 2.05) is 12.4 Å². The predicted octanol–water partition coefficient (Wildman–Crippen LogP) is 2.84. The third-order valence-electron chi connectivity index (χ3n) is 7.08. The van der Waals surface area contributed by atoms with E-state index in [0.717, 1.165) is 23.7 Å². The van der Waals surface area contributed by atoms with Crippen LogP contribution in [0.5, 0.6) is 0 Å². The largest absolute Gasteiger partial charge is 0.273 e. The first-order valence-corrected chi connectivity index (χ1v) is 10.3. The summed E-state index contributed by atoms with van der Waals surface area (Å²) in [5, 5.41) is 8.20. The lowest BCUT2D eigenvalue weighted by molar-refractivity contribution is -0.126. The van der Waals surface area contributed by atoms with Gasteiger partial charge in [0, 0.05) is 25.3 Å². The second-order valence-corrected chi connectivity index (χ2v) is 8.80. The van der Waals surface area contributed by atoms with Gasteiger partial charge in [-0.05, 0) is 74.0 Å². The first kappa shape index (κ1) is 17.7. The maximum atomic E-state index is 11.8. The summed E-state index contributed by atoms with van der Waals surface area (Å²) in [7, 11) is 0. The van der Waals surface area contributed by atoms with Crippen LogP contribution in [0.4, 0.5) is 0 Å². The lowest BCUT2D eigenvalue weighted by Crippen LogP contribution is -2.24. The van der Waals surface area contributed by atoms with Gasteiger partial charge in [0.05, 0.1) is 0 Å². The van der Waals surface area contributed by atoms with Crippen LogP contribution in [0, 0.1) is 35.5 Å². The number of rotatable bonds is 7. The zero-order chi connectivity index (χ0) is 17.9. The predicted molar refractivity (Wildman–Crippen MR) is 100 cm³/mol. The molecule has 0 aromatic heterocycles. The minimum atomic E-state index is -0.211. The van der Waals surface area contributed by atoms with E-state index in [1.54, 1.807) is 0 Å². The Hall–Kier alpha value is -1.72. The lowest BCUT2D eigenvalue weighted by Gasteiger charge is -2.16. The van der Waals surface area contributed by atoms with Gasteiger partial charge in [0.1, 0.15) is 0 Å². The van der Waals surface area contributed by atoms with Gasteiger partial charge in [-0.1, -0.05) is 12.8 Å². The summed E-state index contributed by atoms with van der Waals surface area (Å²) in [6.45, 7) is 0. The number of nitrogens with zero attached hydrogens (tertiary/aromatic N) is 2. The van der Waals surface area contributed by atoms with Crippen LogP contribution >= 0.6 is 0 Å². The molecule has 2 amide bonds. The van der Waals surface area contributed by atoms with Crippen molar-refractivity contribution >= 4 is 24.2 Å².